The fourth-order valence-corrected chi connectivity index (χ4v) is 2.21. The molecule has 1 atom stereocenters. The molecule has 0 amide bonds. The van der Waals surface area contributed by atoms with Gasteiger partial charge < -0.3 is 5.32 Å². The first-order valence-electron chi connectivity index (χ1n) is 5.13. The van der Waals surface area contributed by atoms with E-state index in [4.69, 9.17) is 0 Å². The van der Waals surface area contributed by atoms with Gasteiger partial charge in [0.1, 0.15) is 0 Å². The van der Waals surface area contributed by atoms with E-state index in [1.165, 1.54) is 6.08 Å². The molecule has 1 fully saturated rings. The molecule has 0 spiro atoms. The van der Waals surface area contributed by atoms with Crippen molar-refractivity contribution in [3.8, 4) is 0 Å². The fraction of sp³-hybridized carbons (Fsp3) is 0.727. The van der Waals surface area contributed by atoms with Crippen LogP contribution in [0, 0.1) is 5.41 Å². The van der Waals surface area contributed by atoms with E-state index in [1.807, 2.05) is 0 Å². The van der Waals surface area contributed by atoms with Gasteiger partial charge in [-0.3, -0.25) is 4.79 Å². The third-order valence-corrected chi connectivity index (χ3v) is 2.91. The summed E-state index contributed by atoms with van der Waals surface area (Å²) in [7, 11) is 0. The molecule has 1 saturated heterocycles. The zero-order valence-corrected chi connectivity index (χ0v) is 8.44. The molecule has 1 aliphatic rings. The van der Waals surface area contributed by atoms with E-state index in [0.717, 1.165) is 38.8 Å². The molecule has 1 heterocycles. The third kappa shape index (κ3) is 2.19. The molecule has 13 heavy (non-hydrogen) atoms. The van der Waals surface area contributed by atoms with Gasteiger partial charge in [0, 0.05) is 12.0 Å². The molecule has 0 saturated carbocycles. The highest BCUT2D eigenvalue weighted by atomic mass is 16.1. The van der Waals surface area contributed by atoms with Crippen molar-refractivity contribution in [3.63, 3.8) is 0 Å². The molecule has 2 heteroatoms. The average Bonchev–Trinajstić information content (AvgIpc) is 2.18. The van der Waals surface area contributed by atoms with E-state index in [0.29, 0.717) is 0 Å². The summed E-state index contributed by atoms with van der Waals surface area (Å²) in [4.78, 5) is 11.7. The molecule has 2 nitrogen and oxygen atoms in total. The molecule has 0 aromatic heterocycles. The number of hydrogen-bond donors (Lipinski definition) is 1. The monoisotopic (exact) mass is 181 g/mol. The molecule has 1 N–H and O–H groups in total. The maximum absolute atomic E-state index is 11.7. The molecular formula is C11H19NO. The lowest BCUT2D eigenvalue weighted by molar-refractivity contribution is -0.125. The predicted molar refractivity (Wildman–Crippen MR) is 54.6 cm³/mol. The Hall–Kier alpha value is -0.630. The van der Waals surface area contributed by atoms with E-state index in [9.17, 15) is 4.79 Å². The van der Waals surface area contributed by atoms with Gasteiger partial charge in [-0.25, -0.2) is 0 Å². The summed E-state index contributed by atoms with van der Waals surface area (Å²) >= 11 is 0. The lowest BCUT2D eigenvalue weighted by atomic mass is 9.73. The Morgan fingerprint density at radius 3 is 2.92 bits per heavy atom. The Labute approximate surface area is 80.4 Å². The van der Waals surface area contributed by atoms with Crippen molar-refractivity contribution in [1.29, 1.82) is 0 Å². The van der Waals surface area contributed by atoms with Crippen LogP contribution >= 0.6 is 0 Å². The number of nitrogens with one attached hydrogen (secondary N) is 1. The number of carbonyl (C=O) groups is 1. The van der Waals surface area contributed by atoms with Crippen LogP contribution in [0.25, 0.3) is 0 Å². The van der Waals surface area contributed by atoms with Gasteiger partial charge in [-0.05, 0) is 31.9 Å². The third-order valence-electron chi connectivity index (χ3n) is 2.91. The number of allylic oxidation sites excluding steroid dienone is 1. The molecule has 0 aromatic carbocycles. The number of carbonyl (C=O) groups excluding carboxylic acids is 1. The van der Waals surface area contributed by atoms with Crippen LogP contribution in [0.1, 0.15) is 32.6 Å². The number of piperidine rings is 1. The van der Waals surface area contributed by atoms with E-state index < -0.39 is 0 Å². The van der Waals surface area contributed by atoms with Gasteiger partial charge >= 0.3 is 0 Å². The van der Waals surface area contributed by atoms with Crippen LogP contribution in [-0.2, 0) is 4.79 Å². The number of ketones is 1. The summed E-state index contributed by atoms with van der Waals surface area (Å²) in [6.45, 7) is 7.61. The van der Waals surface area contributed by atoms with Crippen molar-refractivity contribution in [3.05, 3.63) is 12.7 Å². The smallest absolute Gasteiger partial charge is 0.162 e. The normalized spacial score (nSPS) is 28.4. The summed E-state index contributed by atoms with van der Waals surface area (Å²) in [5, 5.41) is 3.31. The van der Waals surface area contributed by atoms with Gasteiger partial charge in [-0.15, -0.1) is 0 Å². The Bertz CT molecular complexity index is 187. The summed E-state index contributed by atoms with van der Waals surface area (Å²) in [5.41, 5.74) is -0.130. The zero-order chi connectivity index (χ0) is 9.73. The lowest BCUT2D eigenvalue weighted by Gasteiger charge is -2.35. The van der Waals surface area contributed by atoms with Crippen LogP contribution in [0.4, 0.5) is 0 Å². The highest BCUT2D eigenvalue weighted by molar-refractivity contribution is 5.94. The Balaban J connectivity index is 2.71. The Morgan fingerprint density at radius 2 is 2.46 bits per heavy atom. The molecule has 1 aliphatic heterocycles. The first-order chi connectivity index (χ1) is 6.25. The van der Waals surface area contributed by atoms with Gasteiger partial charge in [0.15, 0.2) is 5.78 Å². The van der Waals surface area contributed by atoms with Gasteiger partial charge in [-0.1, -0.05) is 19.9 Å². The van der Waals surface area contributed by atoms with Gasteiger partial charge in [0.05, 0.1) is 0 Å². The average molecular weight is 181 g/mol. The molecule has 0 aliphatic carbocycles. The van der Waals surface area contributed by atoms with Crippen molar-refractivity contribution in [1.82, 2.24) is 5.32 Å². The van der Waals surface area contributed by atoms with Crippen LogP contribution in [0.15, 0.2) is 12.7 Å². The largest absolute Gasteiger partial charge is 0.316 e. The second-order valence-electron chi connectivity index (χ2n) is 3.88. The second kappa shape index (κ2) is 4.56. The quantitative estimate of drug-likeness (QED) is 0.671. The first-order valence-corrected chi connectivity index (χ1v) is 5.13. The van der Waals surface area contributed by atoms with Crippen molar-refractivity contribution in [2.45, 2.75) is 32.6 Å². The Kier molecular flexibility index (Phi) is 3.67. The summed E-state index contributed by atoms with van der Waals surface area (Å²) in [6, 6.07) is 0. The molecule has 0 aromatic rings. The SMILES string of the molecule is C=CC(=O)C1(CCC)CCCNC1. The minimum Gasteiger partial charge on any atom is -0.316 e. The van der Waals surface area contributed by atoms with Gasteiger partial charge in [0.2, 0.25) is 0 Å². The molecule has 1 rings (SSSR count). The van der Waals surface area contributed by atoms with Crippen molar-refractivity contribution in [2.24, 2.45) is 5.41 Å². The van der Waals surface area contributed by atoms with E-state index in [2.05, 4.69) is 18.8 Å². The molecule has 0 bridgehead atoms. The highest BCUT2D eigenvalue weighted by Crippen LogP contribution is 2.32. The van der Waals surface area contributed by atoms with E-state index in [1.54, 1.807) is 0 Å². The maximum Gasteiger partial charge on any atom is 0.162 e. The minimum atomic E-state index is -0.130. The van der Waals surface area contributed by atoms with Crippen molar-refractivity contribution in [2.75, 3.05) is 13.1 Å². The maximum atomic E-state index is 11.7. The second-order valence-corrected chi connectivity index (χ2v) is 3.88. The van der Waals surface area contributed by atoms with Gasteiger partial charge in [-0.2, -0.15) is 0 Å². The predicted octanol–water partition coefficient (Wildman–Crippen LogP) is 1.91. The van der Waals surface area contributed by atoms with Crippen LogP contribution in [0.5, 0.6) is 0 Å². The number of rotatable bonds is 4. The summed E-state index contributed by atoms with van der Waals surface area (Å²) in [6.07, 6.45) is 5.69. The first kappa shape index (κ1) is 10.5. The topological polar surface area (TPSA) is 29.1 Å². The van der Waals surface area contributed by atoms with Crippen LogP contribution in [0.2, 0.25) is 0 Å². The minimum absolute atomic E-state index is 0.130. The summed E-state index contributed by atoms with van der Waals surface area (Å²) < 4.78 is 0. The van der Waals surface area contributed by atoms with Crippen LogP contribution in [-0.4, -0.2) is 18.9 Å². The highest BCUT2D eigenvalue weighted by Gasteiger charge is 2.36. The zero-order valence-electron chi connectivity index (χ0n) is 8.44. The Morgan fingerprint density at radius 1 is 1.69 bits per heavy atom. The molecule has 74 valence electrons. The lowest BCUT2D eigenvalue weighted by Crippen LogP contribution is -2.44. The number of hydrogen-bond acceptors (Lipinski definition) is 2. The van der Waals surface area contributed by atoms with Crippen molar-refractivity contribution < 1.29 is 4.79 Å². The van der Waals surface area contributed by atoms with Gasteiger partial charge in [0.25, 0.3) is 0 Å². The summed E-state index contributed by atoms with van der Waals surface area (Å²) in [5.74, 6) is 0.224. The van der Waals surface area contributed by atoms with E-state index in [-0.39, 0.29) is 11.2 Å². The molecule has 0 radical (unpaired) electrons. The standard InChI is InChI=1S/C11H19NO/c1-3-6-11(10(13)4-2)7-5-8-12-9-11/h4,12H,2-3,5-9H2,1H3. The molecular weight excluding hydrogens is 162 g/mol. The van der Waals surface area contributed by atoms with Crippen LogP contribution < -0.4 is 5.32 Å². The molecule has 1 unspecified atom stereocenters. The van der Waals surface area contributed by atoms with Crippen LogP contribution in [0.3, 0.4) is 0 Å². The fourth-order valence-electron chi connectivity index (χ4n) is 2.21. The van der Waals surface area contributed by atoms with E-state index >= 15 is 0 Å². The van der Waals surface area contributed by atoms with Crippen molar-refractivity contribution >= 4 is 5.78 Å².